The highest BCUT2D eigenvalue weighted by molar-refractivity contribution is 6.31. The van der Waals surface area contributed by atoms with Crippen molar-refractivity contribution in [2.75, 3.05) is 12.4 Å². The van der Waals surface area contributed by atoms with Crippen molar-refractivity contribution >= 4 is 23.3 Å². The van der Waals surface area contributed by atoms with E-state index >= 15 is 0 Å². The second kappa shape index (κ2) is 6.94. The van der Waals surface area contributed by atoms with Crippen LogP contribution in [-0.4, -0.2) is 37.8 Å². The van der Waals surface area contributed by atoms with Crippen molar-refractivity contribution < 1.29 is 9.53 Å². The van der Waals surface area contributed by atoms with Crippen molar-refractivity contribution in [3.63, 3.8) is 0 Å². The molecule has 0 atom stereocenters. The lowest BCUT2D eigenvalue weighted by Gasteiger charge is -2.08. The number of nitrogens with zero attached hydrogens (tertiary/aromatic N) is 5. The minimum absolute atomic E-state index is 0.0911. The fourth-order valence-corrected chi connectivity index (χ4v) is 2.64. The van der Waals surface area contributed by atoms with E-state index < -0.39 is 5.91 Å². The standard InChI is InChI=1S/C16H17ClN6O2/c1-10-8-13(22(2)20-10)18-15(24)14-16(25-3)23(21-19-14)9-11-6-4-5-7-12(11)17/h4-8H,9H2,1-3H3,(H,18,24). The Morgan fingerprint density at radius 2 is 2.12 bits per heavy atom. The summed E-state index contributed by atoms with van der Waals surface area (Å²) in [6.45, 7) is 2.18. The van der Waals surface area contributed by atoms with Crippen molar-refractivity contribution in [3.8, 4) is 5.88 Å². The van der Waals surface area contributed by atoms with E-state index in [1.165, 1.54) is 11.8 Å². The SMILES string of the molecule is COc1c(C(=O)Nc2cc(C)nn2C)nnn1Cc1ccccc1Cl. The van der Waals surface area contributed by atoms with E-state index in [1.54, 1.807) is 23.9 Å². The largest absolute Gasteiger partial charge is 0.479 e. The predicted molar refractivity (Wildman–Crippen MR) is 93.0 cm³/mol. The van der Waals surface area contributed by atoms with Gasteiger partial charge in [0.05, 0.1) is 19.3 Å². The second-order valence-corrected chi connectivity index (χ2v) is 5.85. The Hall–Kier alpha value is -2.87. The van der Waals surface area contributed by atoms with Gasteiger partial charge in [0.1, 0.15) is 5.82 Å². The zero-order valence-electron chi connectivity index (χ0n) is 14.0. The molecule has 0 fully saturated rings. The molecular weight excluding hydrogens is 344 g/mol. The monoisotopic (exact) mass is 360 g/mol. The van der Waals surface area contributed by atoms with E-state index in [-0.39, 0.29) is 11.6 Å². The fourth-order valence-electron chi connectivity index (χ4n) is 2.44. The van der Waals surface area contributed by atoms with Crippen LogP contribution in [0.3, 0.4) is 0 Å². The van der Waals surface area contributed by atoms with Crippen molar-refractivity contribution in [1.82, 2.24) is 24.8 Å². The van der Waals surface area contributed by atoms with Crippen LogP contribution in [0.4, 0.5) is 5.82 Å². The van der Waals surface area contributed by atoms with Gasteiger partial charge in [-0.1, -0.05) is 35.0 Å². The summed E-state index contributed by atoms with van der Waals surface area (Å²) in [6, 6.07) is 9.15. The highest BCUT2D eigenvalue weighted by atomic mass is 35.5. The number of hydrogen-bond acceptors (Lipinski definition) is 5. The van der Waals surface area contributed by atoms with Crippen LogP contribution >= 0.6 is 11.6 Å². The van der Waals surface area contributed by atoms with Gasteiger partial charge in [0.25, 0.3) is 5.91 Å². The molecule has 0 radical (unpaired) electrons. The normalized spacial score (nSPS) is 10.7. The number of carbonyl (C=O) groups excluding carboxylic acids is 1. The molecule has 8 nitrogen and oxygen atoms in total. The summed E-state index contributed by atoms with van der Waals surface area (Å²) >= 11 is 6.17. The molecule has 0 saturated carbocycles. The van der Waals surface area contributed by atoms with Crippen LogP contribution in [0.1, 0.15) is 21.7 Å². The van der Waals surface area contributed by atoms with Gasteiger partial charge in [-0.2, -0.15) is 5.10 Å². The molecule has 0 aliphatic carbocycles. The molecular formula is C16H17ClN6O2. The van der Waals surface area contributed by atoms with E-state index in [4.69, 9.17) is 16.3 Å². The van der Waals surface area contributed by atoms with Crippen molar-refractivity contribution in [2.45, 2.75) is 13.5 Å². The molecule has 0 aliphatic rings. The molecule has 25 heavy (non-hydrogen) atoms. The molecule has 0 bridgehead atoms. The predicted octanol–water partition coefficient (Wildman–Crippen LogP) is 2.28. The topological polar surface area (TPSA) is 86.9 Å². The first-order valence-corrected chi connectivity index (χ1v) is 7.90. The van der Waals surface area contributed by atoms with E-state index in [2.05, 4.69) is 20.7 Å². The quantitative estimate of drug-likeness (QED) is 0.754. The van der Waals surface area contributed by atoms with Gasteiger partial charge < -0.3 is 10.1 Å². The number of anilines is 1. The number of amides is 1. The summed E-state index contributed by atoms with van der Waals surface area (Å²) in [6.07, 6.45) is 0. The first-order chi connectivity index (χ1) is 12.0. The number of benzene rings is 1. The molecule has 2 aromatic heterocycles. The van der Waals surface area contributed by atoms with Gasteiger partial charge in [-0.15, -0.1) is 5.10 Å². The zero-order chi connectivity index (χ0) is 18.0. The highest BCUT2D eigenvalue weighted by Crippen LogP contribution is 2.22. The molecule has 1 N–H and O–H groups in total. The van der Waals surface area contributed by atoms with Crippen LogP contribution in [0, 0.1) is 6.92 Å². The number of ether oxygens (including phenoxy) is 1. The highest BCUT2D eigenvalue weighted by Gasteiger charge is 2.22. The summed E-state index contributed by atoms with van der Waals surface area (Å²) in [7, 11) is 3.21. The number of aryl methyl sites for hydroxylation is 2. The molecule has 0 aliphatic heterocycles. The first-order valence-electron chi connectivity index (χ1n) is 7.52. The molecule has 0 unspecified atom stereocenters. The van der Waals surface area contributed by atoms with Gasteiger partial charge in [0, 0.05) is 18.1 Å². The van der Waals surface area contributed by atoms with Gasteiger partial charge in [-0.3, -0.25) is 9.48 Å². The lowest BCUT2D eigenvalue weighted by atomic mass is 10.2. The molecule has 130 valence electrons. The Balaban J connectivity index is 1.85. The maximum Gasteiger partial charge on any atom is 0.283 e. The van der Waals surface area contributed by atoms with Crippen LogP contribution in [-0.2, 0) is 13.6 Å². The number of hydrogen-bond donors (Lipinski definition) is 1. The van der Waals surface area contributed by atoms with Crippen molar-refractivity contribution in [1.29, 1.82) is 0 Å². The Morgan fingerprint density at radius 3 is 2.76 bits per heavy atom. The smallest absolute Gasteiger partial charge is 0.283 e. The lowest BCUT2D eigenvalue weighted by molar-refractivity contribution is 0.101. The molecule has 1 amide bonds. The van der Waals surface area contributed by atoms with Crippen molar-refractivity contribution in [2.24, 2.45) is 7.05 Å². The number of aromatic nitrogens is 5. The van der Waals surface area contributed by atoms with Gasteiger partial charge >= 0.3 is 0 Å². The molecule has 1 aromatic carbocycles. The summed E-state index contributed by atoms with van der Waals surface area (Å²) < 4.78 is 8.40. The van der Waals surface area contributed by atoms with Gasteiger partial charge in [0.15, 0.2) is 0 Å². The molecule has 3 aromatic rings. The zero-order valence-corrected chi connectivity index (χ0v) is 14.8. The van der Waals surface area contributed by atoms with Crippen molar-refractivity contribution in [3.05, 3.63) is 52.3 Å². The molecule has 9 heteroatoms. The molecule has 0 saturated heterocycles. The van der Waals surface area contributed by atoms with Crippen LogP contribution in [0.15, 0.2) is 30.3 Å². The summed E-state index contributed by atoms with van der Waals surface area (Å²) in [5.74, 6) is 0.395. The van der Waals surface area contributed by atoms with E-state index in [1.807, 2.05) is 25.1 Å². The van der Waals surface area contributed by atoms with Crippen LogP contribution < -0.4 is 10.1 Å². The lowest BCUT2D eigenvalue weighted by Crippen LogP contribution is -2.16. The third-order valence-electron chi connectivity index (χ3n) is 3.62. The van der Waals surface area contributed by atoms with E-state index in [9.17, 15) is 4.79 Å². The maximum absolute atomic E-state index is 12.5. The van der Waals surface area contributed by atoms with Crippen LogP contribution in [0.5, 0.6) is 5.88 Å². The molecule has 3 rings (SSSR count). The van der Waals surface area contributed by atoms with Crippen LogP contribution in [0.2, 0.25) is 5.02 Å². The summed E-state index contributed by atoms with van der Waals surface area (Å²) in [4.78, 5) is 12.5. The second-order valence-electron chi connectivity index (χ2n) is 5.45. The molecule has 0 spiro atoms. The Kier molecular flexibility index (Phi) is 4.71. The minimum Gasteiger partial charge on any atom is -0.479 e. The number of nitrogens with one attached hydrogen (secondary N) is 1. The Labute approximate surface area is 149 Å². The minimum atomic E-state index is -0.426. The molecule has 2 heterocycles. The third-order valence-corrected chi connectivity index (χ3v) is 3.99. The fraction of sp³-hybridized carbons (Fsp3) is 0.250. The van der Waals surface area contributed by atoms with Crippen LogP contribution in [0.25, 0.3) is 0 Å². The number of halogens is 1. The van der Waals surface area contributed by atoms with Gasteiger partial charge in [-0.25, -0.2) is 4.68 Å². The maximum atomic E-state index is 12.5. The number of carbonyl (C=O) groups is 1. The van der Waals surface area contributed by atoms with Gasteiger partial charge in [-0.05, 0) is 18.6 Å². The number of rotatable bonds is 5. The summed E-state index contributed by atoms with van der Waals surface area (Å²) in [5, 5.41) is 15.5. The van der Waals surface area contributed by atoms with E-state index in [0.29, 0.717) is 17.4 Å². The summed E-state index contributed by atoms with van der Waals surface area (Å²) in [5.41, 5.74) is 1.74. The first kappa shape index (κ1) is 17.0. The Bertz CT molecular complexity index is 917. The third kappa shape index (κ3) is 3.48. The Morgan fingerprint density at radius 1 is 1.36 bits per heavy atom. The van der Waals surface area contributed by atoms with E-state index in [0.717, 1.165) is 11.3 Å². The average molecular weight is 361 g/mol. The number of methoxy groups -OCH3 is 1. The average Bonchev–Trinajstić information content (AvgIpc) is 3.12. The van der Waals surface area contributed by atoms with Gasteiger partial charge in [0.2, 0.25) is 11.6 Å².